The van der Waals surface area contributed by atoms with Gasteiger partial charge in [-0.15, -0.1) is 0 Å². The summed E-state index contributed by atoms with van der Waals surface area (Å²) < 4.78 is 0. The second kappa shape index (κ2) is 37.5. The van der Waals surface area contributed by atoms with Crippen molar-refractivity contribution in [3.63, 3.8) is 0 Å². The van der Waals surface area contributed by atoms with Crippen LogP contribution < -0.4 is 5.32 Å². The summed E-state index contributed by atoms with van der Waals surface area (Å²) in [6.45, 7) is 41.0. The van der Waals surface area contributed by atoms with Crippen molar-refractivity contribution in [3.05, 3.63) is 126 Å². The Hall–Kier alpha value is -5.70. The van der Waals surface area contributed by atoms with Crippen molar-refractivity contribution < 1.29 is 0 Å². The second-order valence-electron chi connectivity index (χ2n) is 15.6. The number of amidine groups is 1. The molecule has 2 aromatic carbocycles. The maximum absolute atomic E-state index is 7.41. The van der Waals surface area contributed by atoms with Crippen molar-refractivity contribution >= 4 is 42.0 Å². The number of rotatable bonds is 18. The molecule has 0 radical (unpaired) electrons. The lowest BCUT2D eigenvalue weighted by atomic mass is 9.72. The first-order chi connectivity index (χ1) is 31.8. The van der Waals surface area contributed by atoms with Crippen molar-refractivity contribution in [2.45, 2.75) is 153 Å². The van der Waals surface area contributed by atoms with Crippen LogP contribution >= 0.6 is 0 Å². The van der Waals surface area contributed by atoms with E-state index in [2.05, 4.69) is 140 Å². The van der Waals surface area contributed by atoms with E-state index in [4.69, 9.17) is 10.4 Å². The zero-order valence-electron chi connectivity index (χ0n) is 44.2. The number of aryl methyl sites for hydroxylation is 1. The third-order valence-corrected chi connectivity index (χ3v) is 10.5. The van der Waals surface area contributed by atoms with E-state index in [9.17, 15) is 0 Å². The van der Waals surface area contributed by atoms with Crippen LogP contribution in [-0.4, -0.2) is 67.0 Å². The summed E-state index contributed by atoms with van der Waals surface area (Å²) in [6.07, 6.45) is 20.8. The minimum absolute atomic E-state index is 0.0811. The topological polar surface area (TPSA) is 123 Å². The van der Waals surface area contributed by atoms with Crippen LogP contribution in [0.5, 0.6) is 0 Å². The highest BCUT2D eigenvalue weighted by molar-refractivity contribution is 6.14. The minimum Gasteiger partial charge on any atom is -0.392 e. The highest BCUT2D eigenvalue weighted by Crippen LogP contribution is 2.36. The van der Waals surface area contributed by atoms with Gasteiger partial charge in [0.1, 0.15) is 11.7 Å². The second-order valence-corrected chi connectivity index (χ2v) is 15.6. The molecular weight excluding hydrogens is 811 g/mol. The Bertz CT molecular complexity index is 1990. The fourth-order valence-electron chi connectivity index (χ4n) is 5.98. The molecule has 1 aromatic heterocycles. The van der Waals surface area contributed by atoms with Crippen LogP contribution in [0.1, 0.15) is 164 Å². The molecule has 0 amide bonds. The maximum atomic E-state index is 7.41. The maximum Gasteiger partial charge on any atom is 0.133 e. The molecule has 1 aliphatic rings. The number of hydrogen-bond acceptors (Lipinski definition) is 8. The molecule has 362 valence electrons. The highest BCUT2D eigenvalue weighted by Gasteiger charge is 2.36. The number of aliphatic imine (C=N–C) groups is 5. The summed E-state index contributed by atoms with van der Waals surface area (Å²) in [5, 5.41) is 10.3. The molecule has 0 spiro atoms. The molecule has 66 heavy (non-hydrogen) atoms. The Morgan fingerprint density at radius 3 is 1.85 bits per heavy atom. The van der Waals surface area contributed by atoms with Crippen molar-refractivity contribution in [2.24, 2.45) is 30.9 Å². The molecule has 2 unspecified atom stereocenters. The molecule has 0 bridgehead atoms. The van der Waals surface area contributed by atoms with Crippen LogP contribution in [0.3, 0.4) is 0 Å². The Morgan fingerprint density at radius 2 is 1.45 bits per heavy atom. The van der Waals surface area contributed by atoms with E-state index < -0.39 is 0 Å². The quantitative estimate of drug-likeness (QED) is 0.0976. The standard InChI is InChI=1S/C25H36N4.C21H26N4.C4H9N.C3H6.2C2H6/c1-8-10-11-19(5)29-24(26-7)25(6,18(3)4)22-14-12-20(13-15-22)21-16-27-23(9-2)28-17-21;1-7-18(12-22)17(4)25-16(3)15(2)19-8-10-20(11-9-19)21(13-23-5)14-24-6;1-3-5-4-2;1-2-3-1;2*1-2/h12-18H,8-11H2,1-7H3;7-15,22H,3,5H2,1-2,4,6H3;3,5H,1,4H2,2H3;1-3H2;2*1-2H3/b;18-7+,21-13+,22-12?,24-14?,25-17?;;;;. The average Bonchev–Trinajstić information content (AvgIpc) is 4.25. The van der Waals surface area contributed by atoms with Crippen LogP contribution in [0.25, 0.3) is 16.7 Å². The van der Waals surface area contributed by atoms with Gasteiger partial charge in [-0.25, -0.2) is 15.0 Å². The number of nitrogens with one attached hydrogen (secondary N) is 2. The Balaban J connectivity index is 0. The fraction of sp³-hybridized carbons (Fsp3) is 0.474. The molecule has 2 N–H and O–H groups in total. The predicted octanol–water partition coefficient (Wildman–Crippen LogP) is 15.4. The van der Waals surface area contributed by atoms with Crippen molar-refractivity contribution in [1.82, 2.24) is 15.3 Å². The van der Waals surface area contributed by atoms with Crippen LogP contribution in [0.15, 0.2) is 129 Å². The third-order valence-electron chi connectivity index (χ3n) is 10.5. The first-order valence-electron chi connectivity index (χ1n) is 24.1. The highest BCUT2D eigenvalue weighted by atomic mass is 14.9. The van der Waals surface area contributed by atoms with Crippen LogP contribution in [0, 0.1) is 11.3 Å². The van der Waals surface area contributed by atoms with Crippen LogP contribution in [0.2, 0.25) is 0 Å². The summed E-state index contributed by atoms with van der Waals surface area (Å²) in [7, 11) is 3.58. The van der Waals surface area contributed by atoms with Crippen LogP contribution in [0.4, 0.5) is 0 Å². The molecule has 0 saturated heterocycles. The Morgan fingerprint density at radius 1 is 0.879 bits per heavy atom. The lowest BCUT2D eigenvalue weighted by molar-refractivity contribution is 0.446. The van der Waals surface area contributed by atoms with Crippen LogP contribution in [-0.2, 0) is 11.8 Å². The molecule has 0 aliphatic heterocycles. The molecule has 2 atom stereocenters. The lowest BCUT2D eigenvalue weighted by Gasteiger charge is -2.34. The number of allylic oxidation sites excluding steroid dienone is 4. The van der Waals surface area contributed by atoms with Gasteiger partial charge in [0.25, 0.3) is 0 Å². The normalized spacial score (nSPS) is 13.8. The molecule has 1 heterocycles. The SMILES string of the molecule is C1CC1.C=CNCC.C=N/C=C(\C=NC)c1ccc(C(C)C(=C)N=C(C)/C(C=N)=C/C)cc1.CC.CC.CCCCC(C)=NC(=NC)C(C)(c1ccc(-c2cnc(CC)nc2)cc1)C(C)C. The van der Waals surface area contributed by atoms with E-state index in [0.29, 0.717) is 5.92 Å². The largest absolute Gasteiger partial charge is 0.392 e. The molecule has 4 rings (SSSR count). The van der Waals surface area contributed by atoms with Gasteiger partial charge in [0.15, 0.2) is 0 Å². The zero-order chi connectivity index (χ0) is 50.5. The zero-order valence-corrected chi connectivity index (χ0v) is 44.2. The first kappa shape index (κ1) is 62.4. The molecule has 9 heteroatoms. The van der Waals surface area contributed by atoms with Gasteiger partial charge < -0.3 is 10.7 Å². The van der Waals surface area contributed by atoms with Crippen molar-refractivity contribution in [1.29, 1.82) is 5.41 Å². The van der Waals surface area contributed by atoms with E-state index >= 15 is 0 Å². The third kappa shape index (κ3) is 23.0. The molecule has 9 nitrogen and oxygen atoms in total. The number of unbranched alkanes of at least 4 members (excludes halogenated alkanes) is 1. The van der Waals surface area contributed by atoms with Gasteiger partial charge in [-0.3, -0.25) is 20.0 Å². The Kier molecular flexibility index (Phi) is 35.5. The van der Waals surface area contributed by atoms with E-state index in [0.717, 1.165) is 88.0 Å². The van der Waals surface area contributed by atoms with E-state index in [1.54, 1.807) is 25.7 Å². The number of nitrogens with zero attached hydrogens (tertiary/aromatic N) is 7. The Labute approximate surface area is 403 Å². The predicted molar refractivity (Wildman–Crippen MR) is 297 cm³/mol. The molecule has 1 fully saturated rings. The minimum atomic E-state index is -0.247. The van der Waals surface area contributed by atoms with Gasteiger partial charge in [-0.2, -0.15) is 0 Å². The average molecular weight is 900 g/mol. The molecule has 3 aromatic rings. The molecular formula is C57H89N9. The summed E-state index contributed by atoms with van der Waals surface area (Å²) in [5.41, 5.74) is 9.74. The summed E-state index contributed by atoms with van der Waals surface area (Å²) in [6, 6.07) is 16.9. The van der Waals surface area contributed by atoms with Crippen molar-refractivity contribution in [2.75, 3.05) is 20.6 Å². The smallest absolute Gasteiger partial charge is 0.133 e. The molecule has 1 saturated carbocycles. The summed E-state index contributed by atoms with van der Waals surface area (Å²) >= 11 is 0. The van der Waals surface area contributed by atoms with Gasteiger partial charge in [0.2, 0.25) is 0 Å². The van der Waals surface area contributed by atoms with E-state index in [1.807, 2.05) is 86.1 Å². The first-order valence-corrected chi connectivity index (χ1v) is 24.1. The number of aromatic nitrogens is 2. The molecule has 1 aliphatic carbocycles. The van der Waals surface area contributed by atoms with Crippen molar-refractivity contribution in [3.8, 4) is 11.1 Å². The van der Waals surface area contributed by atoms with E-state index in [-0.39, 0.29) is 11.3 Å². The van der Waals surface area contributed by atoms with Gasteiger partial charge >= 0.3 is 0 Å². The summed E-state index contributed by atoms with van der Waals surface area (Å²) in [4.78, 5) is 30.8. The van der Waals surface area contributed by atoms with Gasteiger partial charge in [-0.1, -0.05) is 156 Å². The summed E-state index contributed by atoms with van der Waals surface area (Å²) in [5.74, 6) is 2.22. The van der Waals surface area contributed by atoms with Gasteiger partial charge in [-0.05, 0) is 88.5 Å². The fourth-order valence-corrected chi connectivity index (χ4v) is 5.98. The number of hydrogen-bond donors (Lipinski definition) is 2. The van der Waals surface area contributed by atoms with E-state index in [1.165, 1.54) is 37.5 Å². The number of benzene rings is 2. The van der Waals surface area contributed by atoms with Gasteiger partial charge in [0, 0.05) is 97.8 Å². The lowest BCUT2D eigenvalue weighted by Crippen LogP contribution is -2.37. The van der Waals surface area contributed by atoms with Gasteiger partial charge in [0.05, 0.1) is 5.41 Å². The monoisotopic (exact) mass is 900 g/mol.